The number of carbonyl (C=O) groups excluding carboxylic acids is 2. The van der Waals surface area contributed by atoms with Crippen molar-refractivity contribution in [1.82, 2.24) is 20.2 Å². The number of aryl methyl sites for hydroxylation is 1. The summed E-state index contributed by atoms with van der Waals surface area (Å²) in [6, 6.07) is 8.82. The van der Waals surface area contributed by atoms with E-state index >= 15 is 0 Å². The topological polar surface area (TPSA) is 87.7 Å². The average molecular weight is 504 g/mol. The minimum absolute atomic E-state index is 0.173. The number of imide groups is 1. The molecule has 3 aliphatic heterocycles. The largest absolute Gasteiger partial charge is 0.489 e. The molecule has 1 aromatic heterocycles. The van der Waals surface area contributed by atoms with E-state index in [1.54, 1.807) is 0 Å². The molecule has 1 atom stereocenters. The molecule has 6 rings (SSSR count). The van der Waals surface area contributed by atoms with Crippen LogP contribution in [0, 0.1) is 6.92 Å². The van der Waals surface area contributed by atoms with Crippen molar-refractivity contribution in [2.24, 2.45) is 0 Å². The molecule has 4 aliphatic rings. The lowest BCUT2D eigenvalue weighted by atomic mass is 9.79. The number of hydrogen-bond acceptors (Lipinski definition) is 7. The van der Waals surface area contributed by atoms with Crippen molar-refractivity contribution < 1.29 is 14.3 Å². The third-order valence-corrected chi connectivity index (χ3v) is 8.90. The number of hydrogen-bond donors (Lipinski definition) is 1. The van der Waals surface area contributed by atoms with Crippen LogP contribution in [-0.2, 0) is 9.59 Å². The van der Waals surface area contributed by atoms with Crippen molar-refractivity contribution in [1.29, 1.82) is 0 Å². The third-order valence-electron chi connectivity index (χ3n) is 8.90. The molecule has 1 aliphatic carbocycles. The molecule has 8 nitrogen and oxygen atoms in total. The van der Waals surface area contributed by atoms with Crippen LogP contribution in [0.15, 0.2) is 30.5 Å². The predicted octanol–water partition coefficient (Wildman–Crippen LogP) is 3.69. The molecule has 2 aromatic rings. The molecule has 1 aromatic carbocycles. The number of nitrogens with zero attached hydrogens (tertiary/aromatic N) is 4. The lowest BCUT2D eigenvalue weighted by Crippen LogP contribution is -2.54. The number of aromatic nitrogens is 2. The summed E-state index contributed by atoms with van der Waals surface area (Å²) in [5.41, 5.74) is 3.49. The van der Waals surface area contributed by atoms with Crippen molar-refractivity contribution in [3.8, 4) is 5.75 Å². The quantitative estimate of drug-likeness (QED) is 0.637. The summed E-state index contributed by atoms with van der Waals surface area (Å²) in [4.78, 5) is 38.0. The van der Waals surface area contributed by atoms with Gasteiger partial charge < -0.3 is 14.5 Å². The Hall–Kier alpha value is -3.00. The van der Waals surface area contributed by atoms with Crippen LogP contribution in [0.25, 0.3) is 0 Å². The fourth-order valence-corrected chi connectivity index (χ4v) is 6.93. The average Bonchev–Trinajstić information content (AvgIpc) is 2.93. The van der Waals surface area contributed by atoms with Crippen molar-refractivity contribution in [3.05, 3.63) is 47.5 Å². The first kappa shape index (κ1) is 24.3. The van der Waals surface area contributed by atoms with E-state index in [-0.39, 0.29) is 17.9 Å². The van der Waals surface area contributed by atoms with Gasteiger partial charge in [0.25, 0.3) is 0 Å². The predicted molar refractivity (Wildman–Crippen MR) is 141 cm³/mol. The SMILES string of the molecule is Cc1nccc(C2CCN(C3CCC(c4cccc5c4OCCN5C4CCC(=O)NC4=O)CC3)CC2)n1. The fourth-order valence-electron chi connectivity index (χ4n) is 6.93. The van der Waals surface area contributed by atoms with Crippen LogP contribution in [0.2, 0.25) is 0 Å². The van der Waals surface area contributed by atoms with Crippen LogP contribution in [-0.4, -0.2) is 65.0 Å². The highest BCUT2D eigenvalue weighted by Gasteiger charge is 2.37. The molecule has 0 bridgehead atoms. The van der Waals surface area contributed by atoms with Crippen LogP contribution in [0.1, 0.15) is 80.3 Å². The smallest absolute Gasteiger partial charge is 0.249 e. The Kier molecular flexibility index (Phi) is 6.84. The molecule has 3 fully saturated rings. The summed E-state index contributed by atoms with van der Waals surface area (Å²) >= 11 is 0. The number of ether oxygens (including phenoxy) is 1. The molecule has 0 spiro atoms. The van der Waals surface area contributed by atoms with Crippen molar-refractivity contribution in [2.45, 2.75) is 82.2 Å². The van der Waals surface area contributed by atoms with Gasteiger partial charge in [-0.15, -0.1) is 0 Å². The fraction of sp³-hybridized carbons (Fsp3) is 0.586. The van der Waals surface area contributed by atoms with E-state index in [1.165, 1.54) is 36.9 Å². The maximum atomic E-state index is 12.6. The van der Waals surface area contributed by atoms with Gasteiger partial charge in [0.05, 0.1) is 12.2 Å². The van der Waals surface area contributed by atoms with Crippen molar-refractivity contribution >= 4 is 17.5 Å². The Morgan fingerprint density at radius 3 is 2.51 bits per heavy atom. The number of rotatable bonds is 4. The standard InChI is InChI=1S/C29H37N5O3/c1-19-30-14-11-24(31-19)21-12-15-33(16-13-21)22-7-5-20(6-8-22)23-3-2-4-25-28(23)37-18-17-34(25)26-9-10-27(35)32-29(26)36/h2-4,11,14,20-22,26H,5-10,12-13,15-18H2,1H3,(H,32,35,36). The molecule has 1 saturated carbocycles. The summed E-state index contributed by atoms with van der Waals surface area (Å²) in [6.07, 6.45) is 9.93. The highest BCUT2D eigenvalue weighted by molar-refractivity contribution is 6.02. The number of carbonyl (C=O) groups is 2. The van der Waals surface area contributed by atoms with E-state index in [4.69, 9.17) is 4.74 Å². The molecule has 8 heteroatoms. The second-order valence-electron chi connectivity index (χ2n) is 11.0. The first-order valence-corrected chi connectivity index (χ1v) is 14.0. The first-order chi connectivity index (χ1) is 18.1. The zero-order valence-corrected chi connectivity index (χ0v) is 21.7. The maximum Gasteiger partial charge on any atom is 0.249 e. The molecule has 2 amide bonds. The van der Waals surface area contributed by atoms with Gasteiger partial charge in [0.15, 0.2) is 0 Å². The lowest BCUT2D eigenvalue weighted by Gasteiger charge is -2.42. The van der Waals surface area contributed by atoms with Crippen molar-refractivity contribution in [3.63, 3.8) is 0 Å². The zero-order chi connectivity index (χ0) is 25.4. The molecule has 196 valence electrons. The minimum Gasteiger partial charge on any atom is -0.489 e. The highest BCUT2D eigenvalue weighted by atomic mass is 16.5. The Morgan fingerprint density at radius 2 is 1.76 bits per heavy atom. The Balaban J connectivity index is 1.09. The number of fused-ring (bicyclic) bond motifs is 1. The van der Waals surface area contributed by atoms with E-state index in [0.717, 1.165) is 43.2 Å². The summed E-state index contributed by atoms with van der Waals surface area (Å²) in [5.74, 6) is 2.49. The second kappa shape index (κ2) is 10.4. The number of anilines is 1. The summed E-state index contributed by atoms with van der Waals surface area (Å²) in [7, 11) is 0. The number of amides is 2. The highest BCUT2D eigenvalue weighted by Crippen LogP contribution is 2.45. The molecule has 1 N–H and O–H groups in total. The normalized spacial score (nSPS) is 27.4. The Morgan fingerprint density at radius 1 is 0.946 bits per heavy atom. The van der Waals surface area contributed by atoms with Crippen LogP contribution in [0.3, 0.4) is 0 Å². The van der Waals surface area contributed by atoms with Gasteiger partial charge in [0.1, 0.15) is 24.2 Å². The molecule has 37 heavy (non-hydrogen) atoms. The van der Waals surface area contributed by atoms with Gasteiger partial charge in [-0.1, -0.05) is 12.1 Å². The van der Waals surface area contributed by atoms with Crippen LogP contribution in [0.4, 0.5) is 5.69 Å². The van der Waals surface area contributed by atoms with Gasteiger partial charge >= 0.3 is 0 Å². The van der Waals surface area contributed by atoms with Gasteiger partial charge in [-0.3, -0.25) is 14.9 Å². The van der Waals surface area contributed by atoms with E-state index < -0.39 is 0 Å². The van der Waals surface area contributed by atoms with Gasteiger partial charge in [-0.2, -0.15) is 0 Å². The minimum atomic E-state index is -0.305. The zero-order valence-electron chi connectivity index (χ0n) is 21.7. The van der Waals surface area contributed by atoms with Crippen molar-refractivity contribution in [2.75, 3.05) is 31.1 Å². The van der Waals surface area contributed by atoms with E-state index in [0.29, 0.717) is 43.9 Å². The molecule has 2 saturated heterocycles. The van der Waals surface area contributed by atoms with E-state index in [1.807, 2.05) is 13.1 Å². The van der Waals surface area contributed by atoms with E-state index in [2.05, 4.69) is 49.4 Å². The number of para-hydroxylation sites is 1. The van der Waals surface area contributed by atoms with Gasteiger partial charge in [-0.25, -0.2) is 9.97 Å². The molecule has 1 unspecified atom stereocenters. The Bertz CT molecular complexity index is 1150. The van der Waals surface area contributed by atoms with Gasteiger partial charge in [-0.05, 0) is 88.6 Å². The van der Waals surface area contributed by atoms with E-state index in [9.17, 15) is 9.59 Å². The maximum absolute atomic E-state index is 12.6. The summed E-state index contributed by atoms with van der Waals surface area (Å²) in [5, 5.41) is 2.51. The number of nitrogens with one attached hydrogen (secondary N) is 1. The third kappa shape index (κ3) is 4.96. The summed E-state index contributed by atoms with van der Waals surface area (Å²) < 4.78 is 6.23. The second-order valence-corrected chi connectivity index (χ2v) is 11.0. The number of likely N-dealkylation sites (tertiary alicyclic amines) is 1. The van der Waals surface area contributed by atoms with Crippen LogP contribution in [0.5, 0.6) is 5.75 Å². The number of piperidine rings is 2. The number of benzene rings is 1. The molecular formula is C29H37N5O3. The van der Waals surface area contributed by atoms with Crippen LogP contribution >= 0.6 is 0 Å². The van der Waals surface area contributed by atoms with Crippen LogP contribution < -0.4 is 15.0 Å². The molecule has 4 heterocycles. The Labute approximate surface area is 218 Å². The lowest BCUT2D eigenvalue weighted by molar-refractivity contribution is -0.134. The van der Waals surface area contributed by atoms with Gasteiger partial charge in [0.2, 0.25) is 11.8 Å². The van der Waals surface area contributed by atoms with Gasteiger partial charge in [0, 0.05) is 30.3 Å². The first-order valence-electron chi connectivity index (χ1n) is 14.0. The molecule has 0 radical (unpaired) electrons. The summed E-state index contributed by atoms with van der Waals surface area (Å²) in [6.45, 7) is 5.50. The monoisotopic (exact) mass is 503 g/mol. The molecular weight excluding hydrogens is 466 g/mol.